The van der Waals surface area contributed by atoms with E-state index in [2.05, 4.69) is 76.2 Å². The summed E-state index contributed by atoms with van der Waals surface area (Å²) in [7, 11) is 0. The van der Waals surface area contributed by atoms with E-state index in [0.717, 1.165) is 6.42 Å². The minimum Gasteiger partial charge on any atom is -0.0622 e. The van der Waals surface area contributed by atoms with Gasteiger partial charge >= 0.3 is 0 Å². The van der Waals surface area contributed by atoms with Crippen LogP contribution in [-0.2, 0) is 6.42 Å². The highest BCUT2D eigenvalue weighted by Crippen LogP contribution is 2.13. The molecule has 0 bridgehead atoms. The molecule has 0 aliphatic rings. The molecule has 2 rings (SSSR count). The van der Waals surface area contributed by atoms with Gasteiger partial charge in [0, 0.05) is 0 Å². The van der Waals surface area contributed by atoms with Gasteiger partial charge in [0.15, 0.2) is 0 Å². The van der Waals surface area contributed by atoms with E-state index in [0.29, 0.717) is 5.92 Å². The van der Waals surface area contributed by atoms with Crippen LogP contribution in [0.2, 0.25) is 0 Å². The lowest BCUT2D eigenvalue weighted by atomic mass is 10.0. The SMILES string of the molecule is CCc1ccccc1.Cc1ccc(C(C)C)cc1. The normalized spacial score (nSPS) is 9.83. The molecule has 0 fully saturated rings. The van der Waals surface area contributed by atoms with Gasteiger partial charge < -0.3 is 0 Å². The summed E-state index contributed by atoms with van der Waals surface area (Å²) in [5, 5.41) is 0. The van der Waals surface area contributed by atoms with Crippen molar-refractivity contribution in [2.75, 3.05) is 0 Å². The Balaban J connectivity index is 0.000000184. The number of benzene rings is 2. The average molecular weight is 240 g/mol. The smallest absolute Gasteiger partial charge is 0.0219 e. The van der Waals surface area contributed by atoms with Crippen molar-refractivity contribution in [3.8, 4) is 0 Å². The van der Waals surface area contributed by atoms with Crippen LogP contribution >= 0.6 is 0 Å². The zero-order chi connectivity index (χ0) is 13.4. The van der Waals surface area contributed by atoms with Crippen molar-refractivity contribution in [3.05, 3.63) is 71.3 Å². The Morgan fingerprint density at radius 2 is 1.39 bits per heavy atom. The molecule has 2 aromatic carbocycles. The summed E-state index contributed by atoms with van der Waals surface area (Å²) >= 11 is 0. The summed E-state index contributed by atoms with van der Waals surface area (Å²) in [6.07, 6.45) is 1.14. The van der Waals surface area contributed by atoms with Crippen molar-refractivity contribution in [2.24, 2.45) is 0 Å². The maximum atomic E-state index is 2.21. The van der Waals surface area contributed by atoms with E-state index in [4.69, 9.17) is 0 Å². The van der Waals surface area contributed by atoms with E-state index in [9.17, 15) is 0 Å². The third-order valence-corrected chi connectivity index (χ3v) is 3.00. The van der Waals surface area contributed by atoms with Crippen molar-refractivity contribution in [3.63, 3.8) is 0 Å². The molecule has 0 nitrogen and oxygen atoms in total. The largest absolute Gasteiger partial charge is 0.0622 e. The molecule has 18 heavy (non-hydrogen) atoms. The lowest BCUT2D eigenvalue weighted by Crippen LogP contribution is -1.85. The molecule has 0 unspecified atom stereocenters. The zero-order valence-corrected chi connectivity index (χ0v) is 12.0. The number of hydrogen-bond acceptors (Lipinski definition) is 0. The van der Waals surface area contributed by atoms with E-state index < -0.39 is 0 Å². The third kappa shape index (κ3) is 5.18. The first kappa shape index (κ1) is 14.5. The van der Waals surface area contributed by atoms with Crippen LogP contribution in [0.5, 0.6) is 0 Å². The van der Waals surface area contributed by atoms with Crippen molar-refractivity contribution in [1.29, 1.82) is 0 Å². The second kappa shape index (κ2) is 7.71. The van der Waals surface area contributed by atoms with Crippen LogP contribution in [0.4, 0.5) is 0 Å². The Kier molecular flexibility index (Phi) is 6.21. The van der Waals surface area contributed by atoms with E-state index in [1.54, 1.807) is 0 Å². The Hall–Kier alpha value is -1.56. The average Bonchev–Trinajstić information content (AvgIpc) is 2.41. The number of hydrogen-bond donors (Lipinski definition) is 0. The highest BCUT2D eigenvalue weighted by atomic mass is 14.0. The molecule has 0 aromatic heterocycles. The summed E-state index contributed by atoms with van der Waals surface area (Å²) in [6.45, 7) is 8.70. The van der Waals surface area contributed by atoms with Crippen LogP contribution in [0.15, 0.2) is 54.6 Å². The predicted octanol–water partition coefficient (Wildman–Crippen LogP) is 5.37. The molecule has 0 spiro atoms. The molecule has 0 saturated carbocycles. The van der Waals surface area contributed by atoms with Gasteiger partial charge in [-0.3, -0.25) is 0 Å². The monoisotopic (exact) mass is 240 g/mol. The topological polar surface area (TPSA) is 0 Å². The molecule has 0 amide bonds. The minimum absolute atomic E-state index is 0.653. The standard InChI is InChI=1S/C10H14.C8H10/c1-8(2)10-6-4-9(3)5-7-10;1-2-8-6-4-3-5-7-8/h4-8H,1-3H3;3-7H,2H2,1H3. The highest BCUT2D eigenvalue weighted by molar-refractivity contribution is 5.23. The first-order valence-corrected chi connectivity index (χ1v) is 6.74. The van der Waals surface area contributed by atoms with Crippen molar-refractivity contribution < 1.29 is 0 Å². The van der Waals surface area contributed by atoms with Crippen LogP contribution < -0.4 is 0 Å². The van der Waals surface area contributed by atoms with Gasteiger partial charge in [0.25, 0.3) is 0 Å². The Labute approximate surface area is 112 Å². The van der Waals surface area contributed by atoms with Crippen LogP contribution in [0, 0.1) is 6.92 Å². The van der Waals surface area contributed by atoms with Crippen LogP contribution in [0.25, 0.3) is 0 Å². The van der Waals surface area contributed by atoms with Crippen molar-refractivity contribution >= 4 is 0 Å². The fraction of sp³-hybridized carbons (Fsp3) is 0.333. The van der Waals surface area contributed by atoms with E-state index in [-0.39, 0.29) is 0 Å². The molecule has 0 heteroatoms. The first-order valence-electron chi connectivity index (χ1n) is 6.74. The second-order valence-corrected chi connectivity index (χ2v) is 4.90. The third-order valence-electron chi connectivity index (χ3n) is 3.00. The maximum Gasteiger partial charge on any atom is -0.0219 e. The summed E-state index contributed by atoms with van der Waals surface area (Å²) in [4.78, 5) is 0. The van der Waals surface area contributed by atoms with Crippen molar-refractivity contribution in [2.45, 2.75) is 40.0 Å². The molecule has 96 valence electrons. The molecular formula is C18H24. The zero-order valence-electron chi connectivity index (χ0n) is 12.0. The van der Waals surface area contributed by atoms with Gasteiger partial charge in [-0.15, -0.1) is 0 Å². The number of aryl methyl sites for hydroxylation is 2. The van der Waals surface area contributed by atoms with E-state index in [1.165, 1.54) is 16.7 Å². The second-order valence-electron chi connectivity index (χ2n) is 4.90. The predicted molar refractivity (Wildman–Crippen MR) is 81.1 cm³/mol. The highest BCUT2D eigenvalue weighted by Gasteiger charge is 1.95. The molecule has 0 radical (unpaired) electrons. The molecule has 0 heterocycles. The van der Waals surface area contributed by atoms with Crippen molar-refractivity contribution in [1.82, 2.24) is 0 Å². The van der Waals surface area contributed by atoms with Gasteiger partial charge in [0.05, 0.1) is 0 Å². The summed E-state index contributed by atoms with van der Waals surface area (Å²) in [6, 6.07) is 19.2. The maximum absolute atomic E-state index is 2.21. The van der Waals surface area contributed by atoms with Crippen LogP contribution in [0.1, 0.15) is 43.4 Å². The van der Waals surface area contributed by atoms with Gasteiger partial charge in [-0.05, 0) is 30.4 Å². The van der Waals surface area contributed by atoms with Gasteiger partial charge in [0.1, 0.15) is 0 Å². The Bertz CT molecular complexity index is 423. The summed E-state index contributed by atoms with van der Waals surface area (Å²) in [5.74, 6) is 0.653. The van der Waals surface area contributed by atoms with E-state index >= 15 is 0 Å². The molecule has 0 aliphatic heterocycles. The molecule has 2 aromatic rings. The summed E-state index contributed by atoms with van der Waals surface area (Å²) in [5.41, 5.74) is 4.17. The van der Waals surface area contributed by atoms with E-state index in [1.807, 2.05) is 6.07 Å². The minimum atomic E-state index is 0.653. The number of rotatable bonds is 2. The Morgan fingerprint density at radius 3 is 1.78 bits per heavy atom. The molecule has 0 N–H and O–H groups in total. The van der Waals surface area contributed by atoms with Crippen LogP contribution in [-0.4, -0.2) is 0 Å². The quantitative estimate of drug-likeness (QED) is 0.662. The first-order chi connectivity index (χ1) is 8.63. The van der Waals surface area contributed by atoms with Gasteiger partial charge in [-0.1, -0.05) is 80.9 Å². The molecular weight excluding hydrogens is 216 g/mol. The van der Waals surface area contributed by atoms with Crippen LogP contribution in [0.3, 0.4) is 0 Å². The molecule has 0 aliphatic carbocycles. The van der Waals surface area contributed by atoms with Gasteiger partial charge in [-0.2, -0.15) is 0 Å². The lowest BCUT2D eigenvalue weighted by molar-refractivity contribution is 0.866. The van der Waals surface area contributed by atoms with Gasteiger partial charge in [-0.25, -0.2) is 0 Å². The van der Waals surface area contributed by atoms with Gasteiger partial charge in [0.2, 0.25) is 0 Å². The fourth-order valence-corrected chi connectivity index (χ4v) is 1.67. The molecule has 0 saturated heterocycles. The summed E-state index contributed by atoms with van der Waals surface area (Å²) < 4.78 is 0. The Morgan fingerprint density at radius 1 is 0.833 bits per heavy atom. The lowest BCUT2D eigenvalue weighted by Gasteiger charge is -2.03. The fourth-order valence-electron chi connectivity index (χ4n) is 1.67. The molecule has 0 atom stereocenters.